The Balaban J connectivity index is 2.81. The lowest BCUT2D eigenvalue weighted by Crippen LogP contribution is -2.51. The standard InChI is InChI=1S/C13H28N2O3S/c1-3-9-14(10-4-2)19(17,18)15(11-6-12-16)13-7-5-8-13/h13,16H,3-12H2,1-2H3. The summed E-state index contributed by atoms with van der Waals surface area (Å²) in [6.07, 6.45) is 5.20. The Hall–Kier alpha value is -0.170. The van der Waals surface area contributed by atoms with Gasteiger partial charge in [0.1, 0.15) is 0 Å². The van der Waals surface area contributed by atoms with E-state index >= 15 is 0 Å². The Morgan fingerprint density at radius 1 is 1.11 bits per heavy atom. The van der Waals surface area contributed by atoms with Gasteiger partial charge < -0.3 is 5.11 Å². The molecule has 0 bridgehead atoms. The lowest BCUT2D eigenvalue weighted by molar-refractivity contribution is 0.186. The van der Waals surface area contributed by atoms with Crippen molar-refractivity contribution in [2.75, 3.05) is 26.2 Å². The zero-order valence-corrected chi connectivity index (χ0v) is 13.0. The van der Waals surface area contributed by atoms with Crippen LogP contribution in [0.4, 0.5) is 0 Å². The van der Waals surface area contributed by atoms with Crippen molar-refractivity contribution in [3.8, 4) is 0 Å². The van der Waals surface area contributed by atoms with Crippen LogP contribution in [0.25, 0.3) is 0 Å². The van der Waals surface area contributed by atoms with E-state index < -0.39 is 10.2 Å². The van der Waals surface area contributed by atoms with E-state index in [-0.39, 0.29) is 12.6 Å². The Morgan fingerprint density at radius 2 is 1.68 bits per heavy atom. The molecule has 1 aliphatic rings. The van der Waals surface area contributed by atoms with Crippen molar-refractivity contribution in [1.82, 2.24) is 8.61 Å². The van der Waals surface area contributed by atoms with Crippen molar-refractivity contribution in [3.05, 3.63) is 0 Å². The first-order chi connectivity index (χ1) is 9.07. The van der Waals surface area contributed by atoms with Crippen LogP contribution < -0.4 is 0 Å². The van der Waals surface area contributed by atoms with Gasteiger partial charge in [0.25, 0.3) is 10.2 Å². The predicted octanol–water partition coefficient (Wildman–Crippen LogP) is 1.59. The summed E-state index contributed by atoms with van der Waals surface area (Å²) >= 11 is 0. The summed E-state index contributed by atoms with van der Waals surface area (Å²) in [4.78, 5) is 0. The third-order valence-electron chi connectivity index (χ3n) is 3.59. The molecule has 1 fully saturated rings. The van der Waals surface area contributed by atoms with Crippen LogP contribution in [-0.2, 0) is 10.2 Å². The van der Waals surface area contributed by atoms with Crippen LogP contribution >= 0.6 is 0 Å². The smallest absolute Gasteiger partial charge is 0.282 e. The third-order valence-corrected chi connectivity index (χ3v) is 5.68. The fraction of sp³-hybridized carbons (Fsp3) is 1.00. The second-order valence-electron chi connectivity index (χ2n) is 5.18. The van der Waals surface area contributed by atoms with E-state index in [1.165, 1.54) is 0 Å². The van der Waals surface area contributed by atoms with Crippen LogP contribution in [-0.4, -0.2) is 54.4 Å². The zero-order chi connectivity index (χ0) is 14.3. The number of aliphatic hydroxyl groups excluding tert-OH is 1. The first-order valence-corrected chi connectivity index (χ1v) is 8.85. The molecule has 19 heavy (non-hydrogen) atoms. The van der Waals surface area contributed by atoms with E-state index in [0.29, 0.717) is 26.1 Å². The van der Waals surface area contributed by atoms with Gasteiger partial charge in [0.2, 0.25) is 0 Å². The molecule has 0 heterocycles. The second kappa shape index (κ2) is 8.19. The minimum absolute atomic E-state index is 0.0420. The van der Waals surface area contributed by atoms with E-state index in [0.717, 1.165) is 32.1 Å². The van der Waals surface area contributed by atoms with Crippen molar-refractivity contribution in [1.29, 1.82) is 0 Å². The molecule has 1 aliphatic carbocycles. The molecule has 114 valence electrons. The molecule has 0 amide bonds. The highest BCUT2D eigenvalue weighted by atomic mass is 32.2. The maximum absolute atomic E-state index is 12.7. The largest absolute Gasteiger partial charge is 0.396 e. The SMILES string of the molecule is CCCN(CCC)S(=O)(=O)N(CCCO)C1CCC1. The Labute approximate surface area is 117 Å². The van der Waals surface area contributed by atoms with E-state index in [2.05, 4.69) is 0 Å². The highest BCUT2D eigenvalue weighted by molar-refractivity contribution is 7.86. The zero-order valence-electron chi connectivity index (χ0n) is 12.2. The van der Waals surface area contributed by atoms with Gasteiger partial charge in [-0.1, -0.05) is 20.3 Å². The maximum Gasteiger partial charge on any atom is 0.282 e. The molecule has 1 N–H and O–H groups in total. The summed E-state index contributed by atoms with van der Waals surface area (Å²) in [6, 6.07) is 0.146. The van der Waals surface area contributed by atoms with Gasteiger partial charge in [0, 0.05) is 32.3 Å². The van der Waals surface area contributed by atoms with Gasteiger partial charge in [-0.05, 0) is 32.1 Å². The Kier molecular flexibility index (Phi) is 7.28. The average molecular weight is 292 g/mol. The molecular weight excluding hydrogens is 264 g/mol. The average Bonchev–Trinajstić information content (AvgIpc) is 2.31. The van der Waals surface area contributed by atoms with Crippen molar-refractivity contribution in [3.63, 3.8) is 0 Å². The predicted molar refractivity (Wildman–Crippen MR) is 77.1 cm³/mol. The number of hydrogen-bond donors (Lipinski definition) is 1. The normalized spacial score (nSPS) is 17.1. The van der Waals surface area contributed by atoms with E-state index in [9.17, 15) is 8.42 Å². The van der Waals surface area contributed by atoms with Crippen molar-refractivity contribution in [2.24, 2.45) is 0 Å². The van der Waals surface area contributed by atoms with Crippen LogP contribution in [0, 0.1) is 0 Å². The Bertz CT molecular complexity index is 336. The van der Waals surface area contributed by atoms with Gasteiger partial charge in [-0.25, -0.2) is 0 Å². The number of hydrogen-bond acceptors (Lipinski definition) is 3. The molecule has 0 aromatic carbocycles. The molecule has 0 atom stereocenters. The van der Waals surface area contributed by atoms with Crippen LogP contribution in [0.15, 0.2) is 0 Å². The van der Waals surface area contributed by atoms with Crippen molar-refractivity contribution in [2.45, 2.75) is 58.4 Å². The molecule has 0 saturated heterocycles. The monoisotopic (exact) mass is 292 g/mol. The van der Waals surface area contributed by atoms with E-state index in [4.69, 9.17) is 5.11 Å². The minimum Gasteiger partial charge on any atom is -0.396 e. The highest BCUT2D eigenvalue weighted by Crippen LogP contribution is 2.28. The lowest BCUT2D eigenvalue weighted by atomic mass is 9.93. The summed E-state index contributed by atoms with van der Waals surface area (Å²) in [5, 5.41) is 8.96. The topological polar surface area (TPSA) is 60.9 Å². The molecule has 0 aliphatic heterocycles. The molecule has 0 aromatic rings. The second-order valence-corrected chi connectivity index (χ2v) is 7.06. The fourth-order valence-electron chi connectivity index (χ4n) is 2.38. The molecule has 0 radical (unpaired) electrons. The van der Waals surface area contributed by atoms with Gasteiger partial charge >= 0.3 is 0 Å². The quantitative estimate of drug-likeness (QED) is 0.665. The van der Waals surface area contributed by atoms with Crippen LogP contribution in [0.5, 0.6) is 0 Å². The molecule has 1 rings (SSSR count). The summed E-state index contributed by atoms with van der Waals surface area (Å²) < 4.78 is 28.7. The van der Waals surface area contributed by atoms with Gasteiger partial charge in [-0.15, -0.1) is 0 Å². The summed E-state index contributed by atoms with van der Waals surface area (Å²) in [7, 11) is -3.36. The number of rotatable bonds is 10. The first-order valence-electron chi connectivity index (χ1n) is 7.45. The van der Waals surface area contributed by atoms with Crippen molar-refractivity contribution >= 4 is 10.2 Å². The molecular formula is C13H28N2O3S. The lowest BCUT2D eigenvalue weighted by Gasteiger charge is -2.39. The number of aliphatic hydroxyl groups is 1. The van der Waals surface area contributed by atoms with Crippen LogP contribution in [0.2, 0.25) is 0 Å². The van der Waals surface area contributed by atoms with Gasteiger partial charge in [-0.3, -0.25) is 0 Å². The summed E-state index contributed by atoms with van der Waals surface area (Å²) in [5.74, 6) is 0. The van der Waals surface area contributed by atoms with E-state index in [1.54, 1.807) is 8.61 Å². The Morgan fingerprint density at radius 3 is 2.05 bits per heavy atom. The van der Waals surface area contributed by atoms with Gasteiger partial charge in [0.15, 0.2) is 0 Å². The molecule has 1 saturated carbocycles. The van der Waals surface area contributed by atoms with Crippen LogP contribution in [0.1, 0.15) is 52.4 Å². The van der Waals surface area contributed by atoms with Crippen LogP contribution in [0.3, 0.4) is 0 Å². The van der Waals surface area contributed by atoms with E-state index in [1.807, 2.05) is 13.8 Å². The van der Waals surface area contributed by atoms with Gasteiger partial charge in [0.05, 0.1) is 0 Å². The summed E-state index contributed by atoms with van der Waals surface area (Å²) in [5.41, 5.74) is 0. The molecule has 0 unspecified atom stereocenters. The molecule has 5 nitrogen and oxygen atoms in total. The first kappa shape index (κ1) is 16.9. The third kappa shape index (κ3) is 4.41. The fourth-order valence-corrected chi connectivity index (χ4v) is 4.45. The summed E-state index contributed by atoms with van der Waals surface area (Å²) in [6.45, 7) is 5.64. The molecule has 6 heteroatoms. The van der Waals surface area contributed by atoms with Gasteiger partial charge in [-0.2, -0.15) is 17.0 Å². The minimum atomic E-state index is -3.36. The van der Waals surface area contributed by atoms with Crippen molar-refractivity contribution < 1.29 is 13.5 Å². The molecule has 0 aromatic heterocycles. The maximum atomic E-state index is 12.7. The number of nitrogens with zero attached hydrogens (tertiary/aromatic N) is 2. The highest BCUT2D eigenvalue weighted by Gasteiger charge is 2.36. The molecule has 0 spiro atoms.